The number of hydrogen-bond acceptors (Lipinski definition) is 3. The van der Waals surface area contributed by atoms with E-state index in [0.29, 0.717) is 18.5 Å². The average Bonchev–Trinajstić information content (AvgIpc) is 2.94. The molecule has 0 saturated heterocycles. The summed E-state index contributed by atoms with van der Waals surface area (Å²) in [6.45, 7) is 7.26. The van der Waals surface area contributed by atoms with Crippen LogP contribution in [0.4, 0.5) is 0 Å². The molecular weight excluding hydrogens is 312 g/mol. The summed E-state index contributed by atoms with van der Waals surface area (Å²) in [7, 11) is 4.19. The number of carbonyl (C=O) groups is 1. The third-order valence-corrected chi connectivity index (χ3v) is 4.81. The lowest BCUT2D eigenvalue weighted by Gasteiger charge is -2.28. The van der Waals surface area contributed by atoms with E-state index in [9.17, 15) is 4.79 Å². The number of hydrogen-bond donors (Lipinski definition) is 1. The predicted octanol–water partition coefficient (Wildman–Crippen LogP) is 4.48. The molecule has 0 aliphatic rings. The number of rotatable bonds is 9. The number of para-hydroxylation sites is 1. The van der Waals surface area contributed by atoms with Crippen LogP contribution in [-0.2, 0) is 6.42 Å². The molecule has 2 aromatic rings. The summed E-state index contributed by atoms with van der Waals surface area (Å²) in [4.78, 5) is 15.1. The summed E-state index contributed by atoms with van der Waals surface area (Å²) < 4.78 is 5.96. The highest BCUT2D eigenvalue weighted by Gasteiger charge is 2.21. The second-order valence-electron chi connectivity index (χ2n) is 7.32. The van der Waals surface area contributed by atoms with Crippen LogP contribution >= 0.6 is 0 Å². The first kappa shape index (κ1) is 19.5. The van der Waals surface area contributed by atoms with Crippen molar-refractivity contribution in [3.63, 3.8) is 0 Å². The van der Waals surface area contributed by atoms with E-state index in [1.165, 1.54) is 0 Å². The van der Waals surface area contributed by atoms with Crippen LogP contribution in [0.25, 0.3) is 11.0 Å². The Morgan fingerprint density at radius 1 is 1.24 bits per heavy atom. The minimum absolute atomic E-state index is 0.0164. The fraction of sp³-hybridized carbons (Fsp3) is 0.571. The quantitative estimate of drug-likeness (QED) is 0.729. The molecule has 1 unspecified atom stereocenters. The molecule has 0 spiro atoms. The van der Waals surface area contributed by atoms with Gasteiger partial charge in [-0.25, -0.2) is 0 Å². The van der Waals surface area contributed by atoms with E-state index in [-0.39, 0.29) is 5.91 Å². The molecule has 0 fully saturated rings. The molecule has 1 aromatic heterocycles. The number of nitrogens with zero attached hydrogens (tertiary/aromatic N) is 1. The zero-order valence-corrected chi connectivity index (χ0v) is 16.3. The smallest absolute Gasteiger partial charge is 0.255 e. The van der Waals surface area contributed by atoms with E-state index >= 15 is 0 Å². The minimum Gasteiger partial charge on any atom is -0.460 e. The lowest BCUT2D eigenvalue weighted by Crippen LogP contribution is -2.37. The maximum Gasteiger partial charge on any atom is 0.255 e. The van der Waals surface area contributed by atoms with E-state index < -0.39 is 0 Å². The fourth-order valence-corrected chi connectivity index (χ4v) is 3.47. The molecule has 1 atom stereocenters. The summed E-state index contributed by atoms with van der Waals surface area (Å²) in [6, 6.07) is 8.27. The zero-order valence-electron chi connectivity index (χ0n) is 16.3. The number of aryl methyl sites for hydroxylation is 1. The van der Waals surface area contributed by atoms with Crippen LogP contribution in [0.15, 0.2) is 28.7 Å². The number of unbranched alkanes of at least 4 members (excludes halogenated alkanes) is 1. The van der Waals surface area contributed by atoms with Gasteiger partial charge in [0.2, 0.25) is 0 Å². The second kappa shape index (κ2) is 9.04. The topological polar surface area (TPSA) is 45.5 Å². The molecule has 138 valence electrons. The van der Waals surface area contributed by atoms with Gasteiger partial charge >= 0.3 is 0 Å². The Morgan fingerprint density at radius 2 is 1.96 bits per heavy atom. The maximum atomic E-state index is 12.8. The Balaban J connectivity index is 2.12. The molecule has 2 rings (SSSR count). The maximum absolute atomic E-state index is 12.8. The highest BCUT2D eigenvalue weighted by Crippen LogP contribution is 2.27. The molecule has 1 heterocycles. The van der Waals surface area contributed by atoms with Gasteiger partial charge in [-0.1, -0.05) is 45.4 Å². The molecule has 0 radical (unpaired) electrons. The van der Waals surface area contributed by atoms with Crippen LogP contribution in [0.3, 0.4) is 0 Å². The highest BCUT2D eigenvalue weighted by atomic mass is 16.3. The molecule has 0 bridgehead atoms. The van der Waals surface area contributed by atoms with Crippen molar-refractivity contribution in [2.24, 2.45) is 5.92 Å². The number of carbonyl (C=O) groups excluding carboxylic acids is 1. The van der Waals surface area contributed by atoms with Crippen molar-refractivity contribution in [2.45, 2.75) is 52.5 Å². The molecule has 4 nitrogen and oxygen atoms in total. The molecule has 4 heteroatoms. The lowest BCUT2D eigenvalue weighted by atomic mass is 10.00. The minimum atomic E-state index is -0.0164. The van der Waals surface area contributed by atoms with Gasteiger partial charge in [0.15, 0.2) is 0 Å². The second-order valence-corrected chi connectivity index (χ2v) is 7.32. The van der Waals surface area contributed by atoms with E-state index in [1.807, 2.05) is 24.3 Å². The molecule has 1 aromatic carbocycles. The first-order chi connectivity index (χ1) is 12.0. The van der Waals surface area contributed by atoms with E-state index in [1.54, 1.807) is 0 Å². The normalized spacial score (nSPS) is 12.9. The van der Waals surface area contributed by atoms with Crippen molar-refractivity contribution in [1.82, 2.24) is 10.2 Å². The van der Waals surface area contributed by atoms with Crippen molar-refractivity contribution < 1.29 is 9.21 Å². The van der Waals surface area contributed by atoms with Gasteiger partial charge in [-0.2, -0.15) is 0 Å². The van der Waals surface area contributed by atoms with E-state index in [0.717, 1.165) is 48.0 Å². The van der Waals surface area contributed by atoms with Crippen molar-refractivity contribution in [1.29, 1.82) is 0 Å². The van der Waals surface area contributed by atoms with Crippen molar-refractivity contribution in [3.8, 4) is 0 Å². The van der Waals surface area contributed by atoms with E-state index in [2.05, 4.69) is 45.1 Å². The largest absolute Gasteiger partial charge is 0.460 e. The SMILES string of the molecule is CCCCc1oc2ccccc2c1C(=O)NCCC(C(C)C)N(C)C. The molecule has 0 aliphatic carbocycles. The Bertz CT molecular complexity index is 680. The first-order valence-electron chi connectivity index (χ1n) is 9.40. The van der Waals surface area contributed by atoms with Crippen molar-refractivity contribution >= 4 is 16.9 Å². The number of furan rings is 1. The van der Waals surface area contributed by atoms with Crippen LogP contribution in [0.5, 0.6) is 0 Å². The monoisotopic (exact) mass is 344 g/mol. The summed E-state index contributed by atoms with van der Waals surface area (Å²) in [5, 5.41) is 4.02. The molecule has 1 amide bonds. The van der Waals surface area contributed by atoms with Gasteiger partial charge in [-0.15, -0.1) is 0 Å². The van der Waals surface area contributed by atoms with Crippen LogP contribution < -0.4 is 5.32 Å². The highest BCUT2D eigenvalue weighted by molar-refractivity contribution is 6.07. The Labute approximate surface area is 151 Å². The summed E-state index contributed by atoms with van der Waals surface area (Å²) >= 11 is 0. The van der Waals surface area contributed by atoms with Crippen LogP contribution in [-0.4, -0.2) is 37.5 Å². The molecule has 0 saturated carbocycles. The standard InChI is InChI=1S/C21H32N2O2/c1-6-7-11-19-20(16-10-8-9-12-18(16)25-19)21(24)22-14-13-17(15(2)3)23(4)5/h8-10,12,15,17H,6-7,11,13-14H2,1-5H3,(H,22,24). The summed E-state index contributed by atoms with van der Waals surface area (Å²) in [6.07, 6.45) is 3.85. The number of amides is 1. The Morgan fingerprint density at radius 3 is 2.60 bits per heavy atom. The van der Waals surface area contributed by atoms with Crippen molar-refractivity contribution in [2.75, 3.05) is 20.6 Å². The first-order valence-corrected chi connectivity index (χ1v) is 9.40. The fourth-order valence-electron chi connectivity index (χ4n) is 3.47. The van der Waals surface area contributed by atoms with Crippen LogP contribution in [0.2, 0.25) is 0 Å². The predicted molar refractivity (Wildman–Crippen MR) is 104 cm³/mol. The number of nitrogens with one attached hydrogen (secondary N) is 1. The third-order valence-electron chi connectivity index (χ3n) is 4.81. The average molecular weight is 344 g/mol. The Kier molecular flexibility index (Phi) is 7.06. The third kappa shape index (κ3) is 4.85. The molecule has 25 heavy (non-hydrogen) atoms. The molecular formula is C21H32N2O2. The molecule has 1 N–H and O–H groups in total. The number of benzene rings is 1. The summed E-state index contributed by atoms with van der Waals surface area (Å²) in [5.41, 5.74) is 1.52. The van der Waals surface area contributed by atoms with Gasteiger partial charge in [0.25, 0.3) is 5.91 Å². The van der Waals surface area contributed by atoms with Gasteiger partial charge in [0, 0.05) is 24.4 Å². The Hall–Kier alpha value is -1.81. The van der Waals surface area contributed by atoms with Gasteiger partial charge < -0.3 is 14.6 Å². The van der Waals surface area contributed by atoms with Gasteiger partial charge in [0.05, 0.1) is 5.56 Å². The van der Waals surface area contributed by atoms with Crippen LogP contribution in [0, 0.1) is 5.92 Å². The summed E-state index contributed by atoms with van der Waals surface area (Å²) in [5.74, 6) is 1.35. The van der Waals surface area contributed by atoms with Crippen molar-refractivity contribution in [3.05, 3.63) is 35.6 Å². The van der Waals surface area contributed by atoms with Gasteiger partial charge in [0.1, 0.15) is 11.3 Å². The van der Waals surface area contributed by atoms with Gasteiger partial charge in [-0.3, -0.25) is 4.79 Å². The lowest BCUT2D eigenvalue weighted by molar-refractivity contribution is 0.0946. The molecule has 0 aliphatic heterocycles. The number of fused-ring (bicyclic) bond motifs is 1. The van der Waals surface area contributed by atoms with Crippen LogP contribution in [0.1, 0.15) is 56.2 Å². The zero-order chi connectivity index (χ0) is 18.4. The van der Waals surface area contributed by atoms with Gasteiger partial charge in [-0.05, 0) is 38.9 Å². The van der Waals surface area contributed by atoms with E-state index in [4.69, 9.17) is 4.42 Å².